The lowest BCUT2D eigenvalue weighted by Gasteiger charge is -2.14. The van der Waals surface area contributed by atoms with Gasteiger partial charge in [-0.1, -0.05) is 17.7 Å². The van der Waals surface area contributed by atoms with Crippen molar-refractivity contribution < 1.29 is 23.8 Å². The number of nitrogens with zero attached hydrogens (tertiary/aromatic N) is 1. The van der Waals surface area contributed by atoms with Crippen molar-refractivity contribution >= 4 is 57.8 Å². The number of esters is 1. The van der Waals surface area contributed by atoms with Crippen molar-refractivity contribution in [3.05, 3.63) is 55.6 Å². The van der Waals surface area contributed by atoms with E-state index in [9.17, 15) is 14.9 Å². The van der Waals surface area contributed by atoms with Crippen LogP contribution in [0.15, 0.2) is 35.9 Å². The molecule has 1 N–H and O–H groups in total. The third-order valence-electron chi connectivity index (χ3n) is 4.16. The number of halogens is 2. The predicted molar refractivity (Wildman–Crippen MR) is 131 cm³/mol. The van der Waals surface area contributed by atoms with E-state index >= 15 is 0 Å². The molecule has 0 aliphatic heterocycles. The molecule has 9 heteroatoms. The molecule has 0 aliphatic carbocycles. The summed E-state index contributed by atoms with van der Waals surface area (Å²) in [7, 11) is 0. The Kier molecular flexibility index (Phi) is 9.81. The summed E-state index contributed by atoms with van der Waals surface area (Å²) in [5.74, 6) is -0.281. The van der Waals surface area contributed by atoms with E-state index in [1.165, 1.54) is 6.08 Å². The number of benzene rings is 2. The highest BCUT2D eigenvalue weighted by molar-refractivity contribution is 14.1. The molecule has 0 saturated heterocycles. The number of hydrogen-bond acceptors (Lipinski definition) is 6. The summed E-state index contributed by atoms with van der Waals surface area (Å²) in [6.45, 7) is 5.66. The average Bonchev–Trinajstić information content (AvgIpc) is 2.75. The van der Waals surface area contributed by atoms with E-state index < -0.39 is 11.9 Å². The number of carbonyl (C=O) groups excluding carboxylic acids is 2. The average molecular weight is 569 g/mol. The number of carbonyl (C=O) groups is 2. The van der Waals surface area contributed by atoms with Gasteiger partial charge in [0.1, 0.15) is 11.6 Å². The van der Waals surface area contributed by atoms with E-state index in [0.717, 1.165) is 0 Å². The van der Waals surface area contributed by atoms with Gasteiger partial charge in [-0.3, -0.25) is 4.79 Å². The van der Waals surface area contributed by atoms with Crippen LogP contribution in [0.3, 0.4) is 0 Å². The number of rotatable bonds is 9. The van der Waals surface area contributed by atoms with Gasteiger partial charge in [0, 0.05) is 10.7 Å². The lowest BCUT2D eigenvalue weighted by molar-refractivity contribution is -0.145. The van der Waals surface area contributed by atoms with Gasteiger partial charge >= 0.3 is 5.97 Å². The standard InChI is InChI=1S/C23H22ClIN2O5/c1-4-30-20-11-15(10-18(25)22(20)32-13-21(28)31-5-2)9-16(12-26)23(29)27-19-8-6-7-17(24)14(19)3/h6-11H,4-5,13H2,1-3H3,(H,27,29)/b16-9+. The molecule has 2 aromatic rings. The van der Waals surface area contributed by atoms with Crippen LogP contribution in [0.25, 0.3) is 6.08 Å². The SMILES string of the molecule is CCOC(=O)COc1c(I)cc(/C=C(\C#N)C(=O)Nc2cccc(Cl)c2C)cc1OCC. The Morgan fingerprint density at radius 2 is 1.97 bits per heavy atom. The van der Waals surface area contributed by atoms with Crippen molar-refractivity contribution in [1.82, 2.24) is 0 Å². The third kappa shape index (κ3) is 6.87. The van der Waals surface area contributed by atoms with Crippen molar-refractivity contribution in [2.24, 2.45) is 0 Å². The van der Waals surface area contributed by atoms with Crippen molar-refractivity contribution in [3.8, 4) is 17.6 Å². The van der Waals surface area contributed by atoms with Crippen LogP contribution in [-0.4, -0.2) is 31.7 Å². The fourth-order valence-corrected chi connectivity index (χ4v) is 3.61. The molecular weight excluding hydrogens is 547 g/mol. The maximum Gasteiger partial charge on any atom is 0.344 e. The zero-order valence-electron chi connectivity index (χ0n) is 17.8. The number of nitrogens with one attached hydrogen (secondary N) is 1. The van der Waals surface area contributed by atoms with Gasteiger partial charge in [0.25, 0.3) is 5.91 Å². The molecule has 0 spiro atoms. The van der Waals surface area contributed by atoms with Gasteiger partial charge in [0.2, 0.25) is 0 Å². The molecule has 1 amide bonds. The van der Waals surface area contributed by atoms with Gasteiger partial charge in [0.05, 0.1) is 16.8 Å². The molecule has 7 nitrogen and oxygen atoms in total. The predicted octanol–water partition coefficient (Wildman–Crippen LogP) is 5.14. The summed E-state index contributed by atoms with van der Waals surface area (Å²) >= 11 is 8.13. The van der Waals surface area contributed by atoms with Crippen LogP contribution in [0.4, 0.5) is 5.69 Å². The Balaban J connectivity index is 2.31. The van der Waals surface area contributed by atoms with E-state index in [0.29, 0.717) is 43.5 Å². The number of amides is 1. The topological polar surface area (TPSA) is 97.7 Å². The molecule has 0 aliphatic rings. The summed E-state index contributed by atoms with van der Waals surface area (Å²) in [6, 6.07) is 10.4. The molecule has 0 fully saturated rings. The zero-order valence-corrected chi connectivity index (χ0v) is 20.7. The van der Waals surface area contributed by atoms with Crippen molar-refractivity contribution in [3.63, 3.8) is 0 Å². The normalized spacial score (nSPS) is 10.8. The first kappa shape index (κ1) is 25.5. The van der Waals surface area contributed by atoms with Crippen molar-refractivity contribution in [2.45, 2.75) is 20.8 Å². The monoisotopic (exact) mass is 568 g/mol. The molecule has 0 heterocycles. The number of ether oxygens (including phenoxy) is 3. The summed E-state index contributed by atoms with van der Waals surface area (Å²) < 4.78 is 16.8. The summed E-state index contributed by atoms with van der Waals surface area (Å²) in [5.41, 5.74) is 1.70. The molecule has 0 bridgehead atoms. The van der Waals surface area contributed by atoms with E-state index in [4.69, 9.17) is 25.8 Å². The molecular formula is C23H22ClIN2O5. The van der Waals surface area contributed by atoms with Crippen LogP contribution in [0.5, 0.6) is 11.5 Å². The van der Waals surface area contributed by atoms with Crippen LogP contribution in [-0.2, 0) is 14.3 Å². The quantitative estimate of drug-likeness (QED) is 0.195. The van der Waals surface area contributed by atoms with E-state index in [-0.39, 0.29) is 18.8 Å². The van der Waals surface area contributed by atoms with Gasteiger partial charge in [-0.15, -0.1) is 0 Å². The molecule has 0 radical (unpaired) electrons. The van der Waals surface area contributed by atoms with Gasteiger partial charge in [-0.05, 0) is 84.8 Å². The second kappa shape index (κ2) is 12.3. The fourth-order valence-electron chi connectivity index (χ4n) is 2.66. The highest BCUT2D eigenvalue weighted by Gasteiger charge is 2.16. The highest BCUT2D eigenvalue weighted by atomic mass is 127. The summed E-state index contributed by atoms with van der Waals surface area (Å²) in [4.78, 5) is 24.3. The Hall–Kier alpha value is -2.77. The van der Waals surface area contributed by atoms with Gasteiger partial charge < -0.3 is 19.5 Å². The zero-order chi connectivity index (χ0) is 23.7. The maximum absolute atomic E-state index is 12.7. The Morgan fingerprint density at radius 1 is 1.22 bits per heavy atom. The smallest absolute Gasteiger partial charge is 0.344 e. The van der Waals surface area contributed by atoms with Crippen LogP contribution in [0.2, 0.25) is 5.02 Å². The molecule has 32 heavy (non-hydrogen) atoms. The Morgan fingerprint density at radius 3 is 2.62 bits per heavy atom. The number of hydrogen-bond donors (Lipinski definition) is 1. The summed E-state index contributed by atoms with van der Waals surface area (Å²) in [5, 5.41) is 12.8. The first-order chi connectivity index (χ1) is 15.3. The van der Waals surface area contributed by atoms with Crippen LogP contribution in [0.1, 0.15) is 25.0 Å². The minimum atomic E-state index is -0.562. The van der Waals surface area contributed by atoms with E-state index in [2.05, 4.69) is 5.32 Å². The van der Waals surface area contributed by atoms with Crippen LogP contribution in [0, 0.1) is 21.8 Å². The number of anilines is 1. The van der Waals surface area contributed by atoms with Gasteiger partial charge in [-0.25, -0.2) is 4.79 Å². The first-order valence-electron chi connectivity index (χ1n) is 9.73. The van der Waals surface area contributed by atoms with Gasteiger partial charge in [-0.2, -0.15) is 5.26 Å². The first-order valence-corrected chi connectivity index (χ1v) is 11.2. The van der Waals surface area contributed by atoms with Crippen molar-refractivity contribution in [1.29, 1.82) is 5.26 Å². The molecule has 0 saturated carbocycles. The maximum atomic E-state index is 12.7. The molecule has 2 rings (SSSR count). The lowest BCUT2D eigenvalue weighted by atomic mass is 10.1. The molecule has 2 aromatic carbocycles. The minimum Gasteiger partial charge on any atom is -0.490 e. The molecule has 0 aromatic heterocycles. The van der Waals surface area contributed by atoms with Crippen LogP contribution >= 0.6 is 34.2 Å². The largest absolute Gasteiger partial charge is 0.490 e. The van der Waals surface area contributed by atoms with Crippen molar-refractivity contribution in [2.75, 3.05) is 25.1 Å². The Bertz CT molecular complexity index is 1080. The van der Waals surface area contributed by atoms with E-state index in [1.807, 2.05) is 35.6 Å². The van der Waals surface area contributed by atoms with E-state index in [1.54, 1.807) is 44.2 Å². The highest BCUT2D eigenvalue weighted by Crippen LogP contribution is 2.35. The fraction of sp³-hybridized carbons (Fsp3) is 0.261. The van der Waals surface area contributed by atoms with Gasteiger partial charge in [0.15, 0.2) is 18.1 Å². The molecule has 168 valence electrons. The summed E-state index contributed by atoms with van der Waals surface area (Å²) in [6.07, 6.45) is 1.45. The Labute approximate surface area is 205 Å². The molecule has 0 unspecified atom stereocenters. The number of nitriles is 1. The minimum absolute atomic E-state index is 0.0946. The second-order valence-electron chi connectivity index (χ2n) is 6.39. The van der Waals surface area contributed by atoms with Crippen LogP contribution < -0.4 is 14.8 Å². The second-order valence-corrected chi connectivity index (χ2v) is 7.96. The third-order valence-corrected chi connectivity index (χ3v) is 5.37. The lowest BCUT2D eigenvalue weighted by Crippen LogP contribution is -2.15. The molecule has 0 atom stereocenters.